The maximum Gasteiger partial charge on any atom is 0.0667 e. The SMILES string of the molecule is CCOCC(N)c1cccs1. The monoisotopic (exact) mass is 171 g/mol. The van der Waals surface area contributed by atoms with E-state index < -0.39 is 0 Å². The van der Waals surface area contributed by atoms with Gasteiger partial charge in [0.05, 0.1) is 12.6 Å². The first-order valence-corrected chi connectivity index (χ1v) is 4.59. The van der Waals surface area contributed by atoms with Crippen molar-refractivity contribution in [2.75, 3.05) is 13.2 Å². The van der Waals surface area contributed by atoms with Crippen LogP contribution in [0.1, 0.15) is 17.8 Å². The number of nitrogens with two attached hydrogens (primary N) is 1. The summed E-state index contributed by atoms with van der Waals surface area (Å²) < 4.78 is 5.20. The third-order valence-electron chi connectivity index (χ3n) is 1.41. The molecule has 0 amide bonds. The lowest BCUT2D eigenvalue weighted by atomic mass is 10.3. The van der Waals surface area contributed by atoms with E-state index in [2.05, 4.69) is 0 Å². The van der Waals surface area contributed by atoms with Crippen molar-refractivity contribution in [3.8, 4) is 0 Å². The fourth-order valence-electron chi connectivity index (χ4n) is 0.829. The molecule has 1 atom stereocenters. The van der Waals surface area contributed by atoms with Gasteiger partial charge in [0.1, 0.15) is 0 Å². The van der Waals surface area contributed by atoms with E-state index in [1.165, 1.54) is 4.88 Å². The molecule has 1 rings (SSSR count). The highest BCUT2D eigenvalue weighted by atomic mass is 32.1. The molecule has 62 valence electrons. The van der Waals surface area contributed by atoms with Gasteiger partial charge < -0.3 is 10.5 Å². The van der Waals surface area contributed by atoms with Gasteiger partial charge in [-0.05, 0) is 18.4 Å². The van der Waals surface area contributed by atoms with Crippen LogP contribution in [-0.2, 0) is 4.74 Å². The zero-order valence-corrected chi connectivity index (χ0v) is 7.43. The molecule has 2 nitrogen and oxygen atoms in total. The largest absolute Gasteiger partial charge is 0.380 e. The van der Waals surface area contributed by atoms with Gasteiger partial charge in [0.25, 0.3) is 0 Å². The fourth-order valence-corrected chi connectivity index (χ4v) is 1.54. The van der Waals surface area contributed by atoms with Crippen molar-refractivity contribution in [3.05, 3.63) is 22.4 Å². The molecule has 0 radical (unpaired) electrons. The predicted octanol–water partition coefficient (Wildman–Crippen LogP) is 1.78. The van der Waals surface area contributed by atoms with Crippen LogP contribution in [0.3, 0.4) is 0 Å². The summed E-state index contributed by atoms with van der Waals surface area (Å²) in [5.74, 6) is 0. The van der Waals surface area contributed by atoms with Crippen molar-refractivity contribution in [1.82, 2.24) is 0 Å². The molecule has 0 spiro atoms. The van der Waals surface area contributed by atoms with Crippen LogP contribution in [0.5, 0.6) is 0 Å². The van der Waals surface area contributed by atoms with Crippen LogP contribution in [0.15, 0.2) is 17.5 Å². The first kappa shape index (κ1) is 8.71. The van der Waals surface area contributed by atoms with Crippen LogP contribution in [0, 0.1) is 0 Å². The van der Waals surface area contributed by atoms with E-state index in [4.69, 9.17) is 10.5 Å². The molecular formula is C8H13NOS. The Balaban J connectivity index is 2.36. The van der Waals surface area contributed by atoms with E-state index in [0.717, 1.165) is 6.61 Å². The fraction of sp³-hybridized carbons (Fsp3) is 0.500. The summed E-state index contributed by atoms with van der Waals surface area (Å²) in [7, 11) is 0. The highest BCUT2D eigenvalue weighted by Crippen LogP contribution is 2.16. The minimum absolute atomic E-state index is 0.0509. The van der Waals surface area contributed by atoms with E-state index in [-0.39, 0.29) is 6.04 Å². The second-order valence-electron chi connectivity index (χ2n) is 2.28. The van der Waals surface area contributed by atoms with Crippen molar-refractivity contribution >= 4 is 11.3 Å². The molecule has 2 N–H and O–H groups in total. The lowest BCUT2D eigenvalue weighted by Crippen LogP contribution is -2.15. The van der Waals surface area contributed by atoms with Crippen molar-refractivity contribution in [2.45, 2.75) is 13.0 Å². The van der Waals surface area contributed by atoms with Crippen LogP contribution in [0.2, 0.25) is 0 Å². The van der Waals surface area contributed by atoms with Gasteiger partial charge in [0, 0.05) is 11.5 Å². The standard InChI is InChI=1S/C8H13NOS/c1-2-10-6-7(9)8-4-3-5-11-8/h3-5,7H,2,6,9H2,1H3. The van der Waals surface area contributed by atoms with Crippen LogP contribution < -0.4 is 5.73 Å². The van der Waals surface area contributed by atoms with Crippen LogP contribution >= 0.6 is 11.3 Å². The Kier molecular flexibility index (Phi) is 3.56. The summed E-state index contributed by atoms with van der Waals surface area (Å²) in [5.41, 5.74) is 5.81. The zero-order chi connectivity index (χ0) is 8.10. The molecule has 0 aromatic carbocycles. The lowest BCUT2D eigenvalue weighted by molar-refractivity contribution is 0.134. The van der Waals surface area contributed by atoms with E-state index in [1.807, 2.05) is 24.4 Å². The number of rotatable bonds is 4. The number of hydrogen-bond acceptors (Lipinski definition) is 3. The van der Waals surface area contributed by atoms with Gasteiger partial charge >= 0.3 is 0 Å². The molecule has 3 heteroatoms. The molecule has 0 saturated heterocycles. The van der Waals surface area contributed by atoms with Gasteiger partial charge in [-0.3, -0.25) is 0 Å². The maximum absolute atomic E-state index is 5.81. The predicted molar refractivity (Wildman–Crippen MR) is 47.7 cm³/mol. The molecule has 0 saturated carbocycles. The Morgan fingerprint density at radius 1 is 1.73 bits per heavy atom. The van der Waals surface area contributed by atoms with Gasteiger partial charge in [0.2, 0.25) is 0 Å². The molecule has 0 aliphatic rings. The van der Waals surface area contributed by atoms with Crippen LogP contribution in [0.25, 0.3) is 0 Å². The normalized spacial score (nSPS) is 13.3. The van der Waals surface area contributed by atoms with Crippen molar-refractivity contribution in [3.63, 3.8) is 0 Å². The van der Waals surface area contributed by atoms with Crippen molar-refractivity contribution in [1.29, 1.82) is 0 Å². The summed E-state index contributed by atoms with van der Waals surface area (Å²) in [6.45, 7) is 3.33. The van der Waals surface area contributed by atoms with Gasteiger partial charge in [0.15, 0.2) is 0 Å². The average molecular weight is 171 g/mol. The Morgan fingerprint density at radius 2 is 2.55 bits per heavy atom. The van der Waals surface area contributed by atoms with E-state index in [9.17, 15) is 0 Å². The topological polar surface area (TPSA) is 35.2 Å². The quantitative estimate of drug-likeness (QED) is 0.749. The molecule has 1 aromatic heterocycles. The molecule has 11 heavy (non-hydrogen) atoms. The number of hydrogen-bond donors (Lipinski definition) is 1. The Bertz CT molecular complexity index is 186. The molecule has 1 aromatic rings. The third-order valence-corrected chi connectivity index (χ3v) is 2.41. The first-order valence-electron chi connectivity index (χ1n) is 3.71. The zero-order valence-electron chi connectivity index (χ0n) is 6.62. The van der Waals surface area contributed by atoms with E-state index in [1.54, 1.807) is 11.3 Å². The van der Waals surface area contributed by atoms with Gasteiger partial charge in [-0.1, -0.05) is 6.07 Å². The molecule has 0 fully saturated rings. The lowest BCUT2D eigenvalue weighted by Gasteiger charge is -2.08. The van der Waals surface area contributed by atoms with Crippen LogP contribution in [0.4, 0.5) is 0 Å². The van der Waals surface area contributed by atoms with Gasteiger partial charge in [-0.15, -0.1) is 11.3 Å². The van der Waals surface area contributed by atoms with E-state index >= 15 is 0 Å². The third kappa shape index (κ3) is 2.61. The van der Waals surface area contributed by atoms with Crippen molar-refractivity contribution < 1.29 is 4.74 Å². The van der Waals surface area contributed by atoms with Gasteiger partial charge in [-0.25, -0.2) is 0 Å². The molecule has 1 heterocycles. The minimum atomic E-state index is 0.0509. The molecule has 0 bridgehead atoms. The first-order chi connectivity index (χ1) is 5.34. The smallest absolute Gasteiger partial charge is 0.0667 e. The van der Waals surface area contributed by atoms with Crippen molar-refractivity contribution in [2.24, 2.45) is 5.73 Å². The van der Waals surface area contributed by atoms with Gasteiger partial charge in [-0.2, -0.15) is 0 Å². The summed E-state index contributed by atoms with van der Waals surface area (Å²) >= 11 is 1.68. The summed E-state index contributed by atoms with van der Waals surface area (Å²) in [6, 6.07) is 4.09. The molecule has 0 aliphatic heterocycles. The minimum Gasteiger partial charge on any atom is -0.380 e. The molecule has 1 unspecified atom stereocenters. The summed E-state index contributed by atoms with van der Waals surface area (Å²) in [4.78, 5) is 1.19. The van der Waals surface area contributed by atoms with Crippen LogP contribution in [-0.4, -0.2) is 13.2 Å². The Labute approximate surface area is 71.0 Å². The number of ether oxygens (including phenoxy) is 1. The summed E-state index contributed by atoms with van der Waals surface area (Å²) in [5, 5.41) is 2.03. The molecular weight excluding hydrogens is 158 g/mol. The highest BCUT2D eigenvalue weighted by molar-refractivity contribution is 7.10. The second-order valence-corrected chi connectivity index (χ2v) is 3.26. The second kappa shape index (κ2) is 4.49. The van der Waals surface area contributed by atoms with E-state index in [0.29, 0.717) is 6.61 Å². The average Bonchev–Trinajstić information content (AvgIpc) is 2.52. The Morgan fingerprint density at radius 3 is 3.09 bits per heavy atom. The Hall–Kier alpha value is -0.380. The summed E-state index contributed by atoms with van der Waals surface area (Å²) in [6.07, 6.45) is 0. The number of thiophene rings is 1. The molecule has 0 aliphatic carbocycles. The maximum atomic E-state index is 5.81. The highest BCUT2D eigenvalue weighted by Gasteiger charge is 2.05.